The summed E-state index contributed by atoms with van der Waals surface area (Å²) >= 11 is 0. The van der Waals surface area contributed by atoms with Gasteiger partial charge < -0.3 is 20.1 Å². The van der Waals surface area contributed by atoms with E-state index in [4.69, 9.17) is 9.84 Å². The predicted octanol–water partition coefficient (Wildman–Crippen LogP) is -1.17. The molecule has 5 atom stereocenters. The first-order valence-corrected chi connectivity index (χ1v) is 4.06. The largest absolute Gasteiger partial charge is 0.394 e. The lowest BCUT2D eigenvalue weighted by molar-refractivity contribution is -0.203. The van der Waals surface area contributed by atoms with Crippen LogP contribution in [0.4, 0.5) is 0 Å². The molecule has 1 fully saturated rings. The van der Waals surface area contributed by atoms with Crippen LogP contribution in [0.1, 0.15) is 6.92 Å². The molecule has 1 aliphatic rings. The fourth-order valence-electron chi connectivity index (χ4n) is 1.36. The molecule has 0 aromatic heterocycles. The van der Waals surface area contributed by atoms with Gasteiger partial charge >= 0.3 is 0 Å². The van der Waals surface area contributed by atoms with Crippen LogP contribution in [0.15, 0.2) is 5.18 Å². The number of rotatable bonds is 2. The quantitative estimate of drug-likeness (QED) is 0.477. The third kappa shape index (κ3) is 1.86. The van der Waals surface area contributed by atoms with Gasteiger partial charge in [0.25, 0.3) is 0 Å². The van der Waals surface area contributed by atoms with Crippen molar-refractivity contribution in [2.45, 2.75) is 31.5 Å². The van der Waals surface area contributed by atoms with Crippen molar-refractivity contribution < 1.29 is 20.1 Å². The Morgan fingerprint density at radius 2 is 2.00 bits per heavy atom. The second kappa shape index (κ2) is 4.10. The molecule has 0 spiro atoms. The average Bonchev–Trinajstić information content (AvgIpc) is 2.15. The molecule has 0 radical (unpaired) electrons. The summed E-state index contributed by atoms with van der Waals surface area (Å²) in [7, 11) is 0. The Morgan fingerprint density at radius 1 is 1.38 bits per heavy atom. The summed E-state index contributed by atoms with van der Waals surface area (Å²) in [5, 5.41) is 30.1. The van der Waals surface area contributed by atoms with Gasteiger partial charge in [-0.25, -0.2) is 0 Å². The Morgan fingerprint density at radius 3 is 2.46 bits per heavy atom. The summed E-state index contributed by atoms with van der Waals surface area (Å²) in [5.41, 5.74) is 0. The monoisotopic (exact) mass is 191 g/mol. The van der Waals surface area contributed by atoms with Gasteiger partial charge in [-0.2, -0.15) is 0 Å². The summed E-state index contributed by atoms with van der Waals surface area (Å²) < 4.78 is 4.94. The minimum absolute atomic E-state index is 0.447. The smallest absolute Gasteiger partial charge is 0.195 e. The van der Waals surface area contributed by atoms with Crippen LogP contribution in [0.3, 0.4) is 0 Å². The highest BCUT2D eigenvalue weighted by molar-refractivity contribution is 4.88. The molecule has 0 aromatic rings. The molecule has 0 aromatic carbocycles. The summed E-state index contributed by atoms with van der Waals surface area (Å²) in [6, 6.07) is 0. The van der Waals surface area contributed by atoms with Crippen LogP contribution in [0.5, 0.6) is 0 Å². The van der Waals surface area contributed by atoms with Crippen LogP contribution in [0.25, 0.3) is 0 Å². The zero-order chi connectivity index (χ0) is 10.0. The van der Waals surface area contributed by atoms with E-state index in [1.807, 2.05) is 0 Å². The van der Waals surface area contributed by atoms with Gasteiger partial charge in [0.05, 0.1) is 12.7 Å². The van der Waals surface area contributed by atoms with Crippen LogP contribution in [0.2, 0.25) is 0 Å². The zero-order valence-corrected chi connectivity index (χ0v) is 7.20. The van der Waals surface area contributed by atoms with Crippen molar-refractivity contribution >= 4 is 0 Å². The van der Waals surface area contributed by atoms with E-state index < -0.39 is 37.1 Å². The summed E-state index contributed by atoms with van der Waals surface area (Å²) in [5.74, 6) is -0.560. The van der Waals surface area contributed by atoms with Crippen LogP contribution < -0.4 is 0 Å². The molecule has 1 saturated heterocycles. The second-order valence-electron chi connectivity index (χ2n) is 3.19. The van der Waals surface area contributed by atoms with E-state index >= 15 is 0 Å². The van der Waals surface area contributed by atoms with Gasteiger partial charge in [0.1, 0.15) is 12.2 Å². The maximum atomic E-state index is 10.2. The molecule has 6 nitrogen and oxygen atoms in total. The molecular formula is C7H13NO5. The maximum absolute atomic E-state index is 10.2. The minimum Gasteiger partial charge on any atom is -0.394 e. The van der Waals surface area contributed by atoms with Crippen molar-refractivity contribution in [3.8, 4) is 0 Å². The van der Waals surface area contributed by atoms with Gasteiger partial charge in [-0.1, -0.05) is 6.92 Å². The Labute approximate surface area is 75.1 Å². The van der Waals surface area contributed by atoms with Gasteiger partial charge in [0.15, 0.2) is 6.23 Å². The van der Waals surface area contributed by atoms with E-state index in [1.165, 1.54) is 0 Å². The van der Waals surface area contributed by atoms with Crippen LogP contribution >= 0.6 is 0 Å². The normalized spacial score (nSPS) is 46.0. The molecular weight excluding hydrogens is 178 g/mol. The van der Waals surface area contributed by atoms with Gasteiger partial charge in [-0.15, -0.1) is 4.91 Å². The molecule has 0 amide bonds. The Balaban J connectivity index is 2.71. The lowest BCUT2D eigenvalue weighted by atomic mass is 9.92. The molecule has 6 heteroatoms. The van der Waals surface area contributed by atoms with Crippen molar-refractivity contribution in [2.75, 3.05) is 6.61 Å². The van der Waals surface area contributed by atoms with E-state index in [0.717, 1.165) is 0 Å². The van der Waals surface area contributed by atoms with Gasteiger partial charge in [0.2, 0.25) is 0 Å². The van der Waals surface area contributed by atoms with Crippen molar-refractivity contribution in [1.29, 1.82) is 0 Å². The summed E-state index contributed by atoms with van der Waals surface area (Å²) in [6.45, 7) is 1.10. The van der Waals surface area contributed by atoms with Crippen LogP contribution in [0, 0.1) is 10.8 Å². The first kappa shape index (κ1) is 10.5. The highest BCUT2D eigenvalue weighted by atomic mass is 16.6. The zero-order valence-electron chi connectivity index (χ0n) is 7.20. The molecule has 3 N–H and O–H groups in total. The Bertz CT molecular complexity index is 186. The molecule has 3 unspecified atom stereocenters. The third-order valence-corrected chi connectivity index (χ3v) is 2.32. The lowest BCUT2D eigenvalue weighted by Crippen LogP contribution is -2.54. The molecule has 0 saturated carbocycles. The summed E-state index contributed by atoms with van der Waals surface area (Å²) in [6.07, 6.45) is -4.20. The first-order valence-electron chi connectivity index (χ1n) is 4.06. The first-order chi connectivity index (χ1) is 6.11. The van der Waals surface area contributed by atoms with E-state index in [0.29, 0.717) is 0 Å². The van der Waals surface area contributed by atoms with Crippen molar-refractivity contribution in [3.05, 3.63) is 4.91 Å². The molecule has 1 rings (SSSR count). The molecule has 13 heavy (non-hydrogen) atoms. The van der Waals surface area contributed by atoms with Gasteiger partial charge in [-0.3, -0.25) is 0 Å². The molecule has 0 bridgehead atoms. The van der Waals surface area contributed by atoms with Gasteiger partial charge in [-0.05, 0) is 5.18 Å². The number of ether oxygens (including phenoxy) is 1. The Kier molecular flexibility index (Phi) is 3.32. The number of hydrogen-bond donors (Lipinski definition) is 3. The van der Waals surface area contributed by atoms with Crippen LogP contribution in [-0.4, -0.2) is 46.5 Å². The topological polar surface area (TPSA) is 99.4 Å². The van der Waals surface area contributed by atoms with Gasteiger partial charge in [0, 0.05) is 5.92 Å². The number of aliphatic hydroxyl groups is 3. The fourth-order valence-corrected chi connectivity index (χ4v) is 1.36. The molecule has 1 heterocycles. The minimum atomic E-state index is -1.17. The van der Waals surface area contributed by atoms with E-state index in [9.17, 15) is 15.1 Å². The summed E-state index contributed by atoms with van der Waals surface area (Å²) in [4.78, 5) is 10.2. The fraction of sp³-hybridized carbons (Fsp3) is 1.00. The SMILES string of the molecule is CC1C(N=O)OC(CO)[C@H](O)[C@@H]1O. The van der Waals surface area contributed by atoms with Crippen molar-refractivity contribution in [3.63, 3.8) is 0 Å². The average molecular weight is 191 g/mol. The third-order valence-electron chi connectivity index (χ3n) is 2.32. The van der Waals surface area contributed by atoms with Crippen molar-refractivity contribution in [2.24, 2.45) is 11.1 Å². The van der Waals surface area contributed by atoms with E-state index in [2.05, 4.69) is 5.18 Å². The standard InChI is InChI=1S/C7H13NO5/c1-3-5(10)6(11)4(2-9)13-7(3)8-12/h3-7,9-11H,2H2,1H3/t3?,4?,5-,6+,7?/m1/s1. The van der Waals surface area contributed by atoms with E-state index in [-0.39, 0.29) is 0 Å². The lowest BCUT2D eigenvalue weighted by Gasteiger charge is -2.37. The molecule has 0 aliphatic carbocycles. The van der Waals surface area contributed by atoms with Crippen LogP contribution in [-0.2, 0) is 4.74 Å². The second-order valence-corrected chi connectivity index (χ2v) is 3.19. The highest BCUT2D eigenvalue weighted by Crippen LogP contribution is 2.26. The highest BCUT2D eigenvalue weighted by Gasteiger charge is 2.42. The maximum Gasteiger partial charge on any atom is 0.195 e. The number of nitrogens with zero attached hydrogens (tertiary/aromatic N) is 1. The molecule has 76 valence electrons. The number of hydrogen-bond acceptors (Lipinski definition) is 6. The predicted molar refractivity (Wildman–Crippen MR) is 42.7 cm³/mol. The van der Waals surface area contributed by atoms with Crippen molar-refractivity contribution in [1.82, 2.24) is 0 Å². The van der Waals surface area contributed by atoms with E-state index in [1.54, 1.807) is 6.92 Å². The number of aliphatic hydroxyl groups excluding tert-OH is 3. The number of nitroso groups, excluding NO2 is 1. The molecule has 1 aliphatic heterocycles. The Hall–Kier alpha value is -0.560.